The minimum atomic E-state index is -1.38. The fraction of sp³-hybridized carbons (Fsp3) is 0.800. The van der Waals surface area contributed by atoms with Crippen LogP contribution in [0.15, 0.2) is 11.6 Å². The molecule has 0 aromatic carbocycles. The van der Waals surface area contributed by atoms with E-state index in [0.29, 0.717) is 12.0 Å². The molecule has 3 aliphatic carbocycles. The lowest BCUT2D eigenvalue weighted by atomic mass is 9.65. The molecule has 1 spiro atoms. The Balaban J connectivity index is 2.20. The number of carboxylic acids is 1. The van der Waals surface area contributed by atoms with Crippen LogP contribution in [0.4, 0.5) is 0 Å². The maximum absolute atomic E-state index is 11.4. The Hall–Kier alpha value is -0.870. The summed E-state index contributed by atoms with van der Waals surface area (Å²) in [4.78, 5) is 11.4. The molecule has 0 aromatic heterocycles. The Morgan fingerprint density at radius 2 is 2.00 bits per heavy atom. The average Bonchev–Trinajstić information content (AvgIpc) is 2.79. The highest BCUT2D eigenvalue weighted by Crippen LogP contribution is 2.71. The van der Waals surface area contributed by atoms with Crippen LogP contribution in [0, 0.1) is 22.7 Å². The highest BCUT2D eigenvalue weighted by Gasteiger charge is 2.74. The second kappa shape index (κ2) is 3.41. The first-order valence-corrected chi connectivity index (χ1v) is 7.03. The smallest absolute Gasteiger partial charge is 0.331 e. The van der Waals surface area contributed by atoms with Gasteiger partial charge in [-0.2, -0.15) is 0 Å². The van der Waals surface area contributed by atoms with Crippen LogP contribution in [0.1, 0.15) is 40.0 Å². The van der Waals surface area contributed by atoms with Gasteiger partial charge in [0.05, 0.1) is 6.10 Å². The molecule has 19 heavy (non-hydrogen) atoms. The zero-order chi connectivity index (χ0) is 14.2. The summed E-state index contributed by atoms with van der Waals surface area (Å²) in [6.45, 7) is 6.00. The van der Waals surface area contributed by atoms with Gasteiger partial charge in [0, 0.05) is 11.0 Å². The third-order valence-electron chi connectivity index (χ3n) is 6.04. The summed E-state index contributed by atoms with van der Waals surface area (Å²) in [6, 6.07) is 0. The summed E-state index contributed by atoms with van der Waals surface area (Å²) in [7, 11) is 0. The first-order valence-electron chi connectivity index (χ1n) is 7.03. The number of aliphatic hydroxyl groups is 2. The van der Waals surface area contributed by atoms with Gasteiger partial charge in [-0.05, 0) is 42.6 Å². The third-order valence-corrected chi connectivity index (χ3v) is 6.04. The van der Waals surface area contributed by atoms with Crippen molar-refractivity contribution in [3.8, 4) is 0 Å². The number of carbonyl (C=O) groups is 1. The lowest BCUT2D eigenvalue weighted by molar-refractivity contribution is -0.133. The Morgan fingerprint density at radius 1 is 1.37 bits per heavy atom. The molecule has 5 atom stereocenters. The molecule has 0 saturated heterocycles. The van der Waals surface area contributed by atoms with E-state index < -0.39 is 23.1 Å². The maximum atomic E-state index is 11.4. The number of aliphatic hydroxyl groups excluding tert-OH is 1. The highest BCUT2D eigenvalue weighted by atomic mass is 16.4. The quantitative estimate of drug-likeness (QED) is 0.673. The molecule has 3 rings (SSSR count). The number of hydrogen-bond donors (Lipinski definition) is 3. The fourth-order valence-electron chi connectivity index (χ4n) is 5.28. The molecule has 4 heteroatoms. The molecular weight excluding hydrogens is 244 g/mol. The van der Waals surface area contributed by atoms with E-state index in [9.17, 15) is 20.1 Å². The fourth-order valence-corrected chi connectivity index (χ4v) is 5.28. The van der Waals surface area contributed by atoms with Crippen LogP contribution in [0.5, 0.6) is 0 Å². The number of hydrogen-bond acceptors (Lipinski definition) is 3. The summed E-state index contributed by atoms with van der Waals surface area (Å²) in [5, 5.41) is 31.0. The number of rotatable bonds is 1. The summed E-state index contributed by atoms with van der Waals surface area (Å²) < 4.78 is 0. The van der Waals surface area contributed by atoms with E-state index in [1.54, 1.807) is 0 Å². The second-order valence-electron chi connectivity index (χ2n) is 7.37. The second-order valence-corrected chi connectivity index (χ2v) is 7.37. The molecule has 0 unspecified atom stereocenters. The summed E-state index contributed by atoms with van der Waals surface area (Å²) >= 11 is 0. The monoisotopic (exact) mass is 266 g/mol. The average molecular weight is 266 g/mol. The van der Waals surface area contributed by atoms with Crippen molar-refractivity contribution in [3.05, 3.63) is 11.6 Å². The molecular formula is C15H22O4. The SMILES string of the molecule is C[C@@H]1CC[C@@H]2C(C(=O)O)=C[C@]3(O)[C@H](O)C(C)(C)C[C@@]123. The normalized spacial score (nSPS) is 50.8. The van der Waals surface area contributed by atoms with Crippen LogP contribution < -0.4 is 0 Å². The van der Waals surface area contributed by atoms with Crippen molar-refractivity contribution in [2.45, 2.75) is 51.7 Å². The van der Waals surface area contributed by atoms with E-state index in [-0.39, 0.29) is 17.3 Å². The van der Waals surface area contributed by atoms with Crippen LogP contribution in [-0.4, -0.2) is 33.0 Å². The maximum Gasteiger partial charge on any atom is 0.331 e. The lowest BCUT2D eigenvalue weighted by Crippen LogP contribution is -2.51. The minimum Gasteiger partial charge on any atom is -0.478 e. The zero-order valence-corrected chi connectivity index (χ0v) is 11.7. The number of carboxylic acid groups (broad SMARTS) is 1. The van der Waals surface area contributed by atoms with Crippen molar-refractivity contribution in [2.24, 2.45) is 22.7 Å². The van der Waals surface area contributed by atoms with Gasteiger partial charge < -0.3 is 15.3 Å². The largest absolute Gasteiger partial charge is 0.478 e. The zero-order valence-electron chi connectivity index (χ0n) is 11.7. The molecule has 2 saturated carbocycles. The Bertz CT molecular complexity index is 481. The van der Waals surface area contributed by atoms with Gasteiger partial charge in [0.2, 0.25) is 0 Å². The van der Waals surface area contributed by atoms with Crippen LogP contribution >= 0.6 is 0 Å². The number of aliphatic carboxylic acids is 1. The molecule has 4 nitrogen and oxygen atoms in total. The van der Waals surface area contributed by atoms with Crippen molar-refractivity contribution in [3.63, 3.8) is 0 Å². The summed E-state index contributed by atoms with van der Waals surface area (Å²) in [6.07, 6.45) is 2.94. The Labute approximate surface area is 113 Å². The predicted molar refractivity (Wildman–Crippen MR) is 69.4 cm³/mol. The molecule has 106 valence electrons. The van der Waals surface area contributed by atoms with Gasteiger partial charge in [-0.25, -0.2) is 4.79 Å². The van der Waals surface area contributed by atoms with E-state index in [0.717, 1.165) is 12.8 Å². The van der Waals surface area contributed by atoms with Gasteiger partial charge in [0.1, 0.15) is 5.60 Å². The van der Waals surface area contributed by atoms with E-state index in [2.05, 4.69) is 6.92 Å². The molecule has 0 heterocycles. The highest BCUT2D eigenvalue weighted by molar-refractivity contribution is 5.89. The Kier molecular flexibility index (Phi) is 2.36. The molecule has 0 radical (unpaired) electrons. The van der Waals surface area contributed by atoms with Gasteiger partial charge >= 0.3 is 5.97 Å². The molecule has 0 bridgehead atoms. The van der Waals surface area contributed by atoms with Crippen LogP contribution in [0.25, 0.3) is 0 Å². The van der Waals surface area contributed by atoms with Crippen molar-refractivity contribution in [1.29, 1.82) is 0 Å². The van der Waals surface area contributed by atoms with E-state index in [4.69, 9.17) is 0 Å². The van der Waals surface area contributed by atoms with E-state index in [1.165, 1.54) is 6.08 Å². The van der Waals surface area contributed by atoms with Gasteiger partial charge in [0.15, 0.2) is 0 Å². The van der Waals surface area contributed by atoms with Crippen molar-refractivity contribution in [1.82, 2.24) is 0 Å². The van der Waals surface area contributed by atoms with E-state index >= 15 is 0 Å². The van der Waals surface area contributed by atoms with E-state index in [1.807, 2.05) is 13.8 Å². The van der Waals surface area contributed by atoms with Crippen molar-refractivity contribution >= 4 is 5.97 Å². The summed E-state index contributed by atoms with van der Waals surface area (Å²) in [5.41, 5.74) is -1.96. The molecule has 0 amide bonds. The van der Waals surface area contributed by atoms with Crippen LogP contribution in [-0.2, 0) is 4.79 Å². The molecule has 0 aromatic rings. The van der Waals surface area contributed by atoms with Gasteiger partial charge in [-0.3, -0.25) is 0 Å². The summed E-state index contributed by atoms with van der Waals surface area (Å²) in [5.74, 6) is -0.847. The van der Waals surface area contributed by atoms with Gasteiger partial charge in [0.25, 0.3) is 0 Å². The molecule has 2 fully saturated rings. The van der Waals surface area contributed by atoms with Crippen molar-refractivity contribution in [2.75, 3.05) is 0 Å². The third kappa shape index (κ3) is 1.24. The van der Waals surface area contributed by atoms with Crippen molar-refractivity contribution < 1.29 is 20.1 Å². The molecule has 3 aliphatic rings. The standard InChI is InChI=1S/C15H22O4/c1-8-4-5-10-9(11(16)17)6-15(19)12(18)13(2,3)7-14(8,10)15/h6,8,10,12,18-19H,4-5,7H2,1-3H3,(H,16,17)/t8-,10-,12-,14-,15+/m1/s1. The predicted octanol–water partition coefficient (Wildman–Crippen LogP) is 1.57. The van der Waals surface area contributed by atoms with Gasteiger partial charge in [-0.15, -0.1) is 0 Å². The molecule has 3 N–H and O–H groups in total. The van der Waals surface area contributed by atoms with Crippen LogP contribution in [0.2, 0.25) is 0 Å². The topological polar surface area (TPSA) is 77.8 Å². The van der Waals surface area contributed by atoms with Gasteiger partial charge in [-0.1, -0.05) is 20.8 Å². The minimum absolute atomic E-state index is 0.124. The van der Waals surface area contributed by atoms with Crippen LogP contribution in [0.3, 0.4) is 0 Å². The first kappa shape index (κ1) is 13.1. The molecule has 0 aliphatic heterocycles. The first-order chi connectivity index (χ1) is 8.67. The lowest BCUT2D eigenvalue weighted by Gasteiger charge is -2.41. The Morgan fingerprint density at radius 3 is 2.58 bits per heavy atom.